The Morgan fingerprint density at radius 2 is 2.27 bits per heavy atom. The van der Waals surface area contributed by atoms with Gasteiger partial charge in [-0.1, -0.05) is 6.42 Å². The monoisotopic (exact) mass is 376 g/mol. The molecule has 7 nitrogen and oxygen atoms in total. The van der Waals surface area contributed by atoms with Crippen molar-refractivity contribution in [3.05, 3.63) is 23.5 Å². The Kier molecular flexibility index (Phi) is 6.88. The molecule has 2 aromatic rings. The van der Waals surface area contributed by atoms with Crippen LogP contribution < -0.4 is 10.6 Å². The third-order valence-electron chi connectivity index (χ3n) is 4.46. The van der Waals surface area contributed by atoms with E-state index in [1.165, 1.54) is 6.42 Å². The van der Waals surface area contributed by atoms with Gasteiger partial charge in [-0.25, -0.2) is 9.98 Å². The number of nitrogens with zero attached hydrogens (tertiary/aromatic N) is 4. The molecule has 1 saturated heterocycles. The van der Waals surface area contributed by atoms with E-state index in [1.54, 1.807) is 11.3 Å². The summed E-state index contributed by atoms with van der Waals surface area (Å²) in [5, 5.41) is 8.65. The Labute approximate surface area is 158 Å². The summed E-state index contributed by atoms with van der Waals surface area (Å²) in [4.78, 5) is 24.2. The summed E-state index contributed by atoms with van der Waals surface area (Å²) in [6, 6.07) is 0. The van der Waals surface area contributed by atoms with Gasteiger partial charge in [0.25, 0.3) is 0 Å². The van der Waals surface area contributed by atoms with Crippen LogP contribution in [-0.2, 0) is 11.3 Å². The first kappa shape index (κ1) is 18.7. The molecule has 1 aliphatic heterocycles. The van der Waals surface area contributed by atoms with Crippen LogP contribution in [0.3, 0.4) is 0 Å². The van der Waals surface area contributed by atoms with Crippen LogP contribution in [-0.4, -0.2) is 52.3 Å². The molecule has 0 saturated carbocycles. The van der Waals surface area contributed by atoms with E-state index in [0.717, 1.165) is 62.1 Å². The molecule has 0 aromatic carbocycles. The molecular weight excluding hydrogens is 348 g/mol. The van der Waals surface area contributed by atoms with Gasteiger partial charge in [-0.3, -0.25) is 9.20 Å². The Bertz CT molecular complexity index is 708. The molecule has 8 heteroatoms. The van der Waals surface area contributed by atoms with Crippen LogP contribution in [0, 0.1) is 0 Å². The molecule has 26 heavy (non-hydrogen) atoms. The van der Waals surface area contributed by atoms with Gasteiger partial charge in [0.05, 0.1) is 12.2 Å². The van der Waals surface area contributed by atoms with E-state index in [0.29, 0.717) is 18.9 Å². The number of hydrogen-bond acceptors (Lipinski definition) is 4. The smallest absolute Gasteiger partial charge is 0.222 e. The van der Waals surface area contributed by atoms with Crippen molar-refractivity contribution < 1.29 is 4.79 Å². The lowest BCUT2D eigenvalue weighted by Crippen LogP contribution is -2.39. The standard InChI is InChI=1S/C18H28N6OS/c1-2-19-17(21-13-15-14-24-11-12-26-18(24)22-15)20-8-6-10-23-9-5-3-4-7-16(23)25/h11-12,14H,2-10,13H2,1H3,(H2,19,20,21). The first-order valence-electron chi connectivity index (χ1n) is 9.47. The van der Waals surface area contributed by atoms with Crippen LogP contribution in [0.25, 0.3) is 4.96 Å². The molecule has 3 heterocycles. The van der Waals surface area contributed by atoms with Gasteiger partial charge in [0.15, 0.2) is 10.9 Å². The third kappa shape index (κ3) is 5.20. The van der Waals surface area contributed by atoms with Gasteiger partial charge in [-0.15, -0.1) is 11.3 Å². The van der Waals surface area contributed by atoms with Crippen molar-refractivity contribution >= 4 is 28.2 Å². The summed E-state index contributed by atoms with van der Waals surface area (Å²) in [5.41, 5.74) is 0.962. The lowest BCUT2D eigenvalue weighted by atomic mass is 10.2. The molecule has 142 valence electrons. The molecule has 0 bridgehead atoms. The average molecular weight is 377 g/mol. The second-order valence-corrected chi connectivity index (χ2v) is 7.37. The van der Waals surface area contributed by atoms with Crippen molar-refractivity contribution in [2.75, 3.05) is 26.2 Å². The van der Waals surface area contributed by atoms with Crippen LogP contribution in [0.1, 0.15) is 44.7 Å². The summed E-state index contributed by atoms with van der Waals surface area (Å²) in [5.74, 6) is 1.11. The van der Waals surface area contributed by atoms with E-state index < -0.39 is 0 Å². The van der Waals surface area contributed by atoms with Gasteiger partial charge in [0.1, 0.15) is 0 Å². The molecule has 0 aliphatic carbocycles. The Hall–Kier alpha value is -2.09. The number of nitrogens with one attached hydrogen (secondary N) is 2. The highest BCUT2D eigenvalue weighted by Gasteiger charge is 2.15. The number of hydrogen-bond donors (Lipinski definition) is 2. The van der Waals surface area contributed by atoms with Crippen molar-refractivity contribution in [3.8, 4) is 0 Å². The topological polar surface area (TPSA) is 74.0 Å². The lowest BCUT2D eigenvalue weighted by Gasteiger charge is -2.20. The van der Waals surface area contributed by atoms with E-state index in [-0.39, 0.29) is 0 Å². The van der Waals surface area contributed by atoms with Crippen LogP contribution in [0.2, 0.25) is 0 Å². The number of fused-ring (bicyclic) bond motifs is 1. The average Bonchev–Trinajstić information content (AvgIpc) is 3.16. The SMILES string of the molecule is CCNC(=NCc1cn2ccsc2n1)NCCCN1CCCCCC1=O. The predicted molar refractivity (Wildman–Crippen MR) is 106 cm³/mol. The van der Waals surface area contributed by atoms with Gasteiger partial charge in [0.2, 0.25) is 5.91 Å². The molecule has 2 aromatic heterocycles. The predicted octanol–water partition coefficient (Wildman–Crippen LogP) is 2.24. The van der Waals surface area contributed by atoms with Gasteiger partial charge in [0, 0.05) is 50.4 Å². The molecule has 0 radical (unpaired) electrons. The minimum absolute atomic E-state index is 0.308. The zero-order valence-corrected chi connectivity index (χ0v) is 16.2. The van der Waals surface area contributed by atoms with Crippen LogP contribution in [0.15, 0.2) is 22.8 Å². The van der Waals surface area contributed by atoms with Gasteiger partial charge < -0.3 is 15.5 Å². The number of amides is 1. The van der Waals surface area contributed by atoms with E-state index in [2.05, 4.69) is 27.5 Å². The summed E-state index contributed by atoms with van der Waals surface area (Å²) in [6.45, 7) is 5.95. The van der Waals surface area contributed by atoms with Crippen molar-refractivity contribution in [1.29, 1.82) is 0 Å². The molecule has 1 fully saturated rings. The number of carbonyl (C=O) groups is 1. The molecule has 0 spiro atoms. The summed E-state index contributed by atoms with van der Waals surface area (Å²) < 4.78 is 2.02. The second kappa shape index (κ2) is 9.56. The number of guanidine groups is 1. The summed E-state index contributed by atoms with van der Waals surface area (Å²) in [6.07, 6.45) is 9.00. The molecule has 0 atom stereocenters. The minimum atomic E-state index is 0.308. The normalized spacial score (nSPS) is 16.1. The largest absolute Gasteiger partial charge is 0.357 e. The maximum absolute atomic E-state index is 12.0. The van der Waals surface area contributed by atoms with E-state index in [1.807, 2.05) is 27.1 Å². The van der Waals surface area contributed by atoms with Crippen molar-refractivity contribution in [2.45, 2.75) is 45.6 Å². The number of rotatable bonds is 7. The first-order valence-corrected chi connectivity index (χ1v) is 10.4. The highest BCUT2D eigenvalue weighted by atomic mass is 32.1. The molecule has 1 aliphatic rings. The lowest BCUT2D eigenvalue weighted by molar-refractivity contribution is -0.130. The van der Waals surface area contributed by atoms with E-state index >= 15 is 0 Å². The van der Waals surface area contributed by atoms with Crippen molar-refractivity contribution in [2.24, 2.45) is 4.99 Å². The van der Waals surface area contributed by atoms with Crippen LogP contribution in [0.4, 0.5) is 0 Å². The van der Waals surface area contributed by atoms with Crippen molar-refractivity contribution in [1.82, 2.24) is 24.9 Å². The molecule has 0 unspecified atom stereocenters. The second-order valence-electron chi connectivity index (χ2n) is 6.49. The maximum Gasteiger partial charge on any atom is 0.222 e. The highest BCUT2D eigenvalue weighted by Crippen LogP contribution is 2.12. The first-order chi connectivity index (χ1) is 12.8. The Balaban J connectivity index is 1.45. The van der Waals surface area contributed by atoms with Gasteiger partial charge in [-0.2, -0.15) is 0 Å². The summed E-state index contributed by atoms with van der Waals surface area (Å²) >= 11 is 1.62. The quantitative estimate of drug-likeness (QED) is 0.442. The van der Waals surface area contributed by atoms with Crippen LogP contribution >= 0.6 is 11.3 Å². The Morgan fingerprint density at radius 3 is 3.12 bits per heavy atom. The third-order valence-corrected chi connectivity index (χ3v) is 5.23. The number of thiazole rings is 1. The maximum atomic E-state index is 12.0. The van der Waals surface area contributed by atoms with E-state index in [9.17, 15) is 4.79 Å². The highest BCUT2D eigenvalue weighted by molar-refractivity contribution is 7.15. The molecule has 3 rings (SSSR count). The summed E-state index contributed by atoms with van der Waals surface area (Å²) in [7, 11) is 0. The molecular formula is C18H28N6OS. The van der Waals surface area contributed by atoms with Crippen LogP contribution in [0.5, 0.6) is 0 Å². The van der Waals surface area contributed by atoms with Crippen molar-refractivity contribution in [3.63, 3.8) is 0 Å². The van der Waals surface area contributed by atoms with Gasteiger partial charge >= 0.3 is 0 Å². The number of carbonyl (C=O) groups excluding carboxylic acids is 1. The number of imidazole rings is 1. The fourth-order valence-electron chi connectivity index (χ4n) is 3.11. The fraction of sp³-hybridized carbons (Fsp3) is 0.611. The zero-order valence-electron chi connectivity index (χ0n) is 15.4. The number of likely N-dealkylation sites (tertiary alicyclic amines) is 1. The molecule has 2 N–H and O–H groups in total. The fourth-order valence-corrected chi connectivity index (χ4v) is 3.82. The Morgan fingerprint density at radius 1 is 1.35 bits per heavy atom. The number of aliphatic imine (C=N–C) groups is 1. The minimum Gasteiger partial charge on any atom is -0.357 e. The van der Waals surface area contributed by atoms with Gasteiger partial charge in [-0.05, 0) is 26.2 Å². The van der Waals surface area contributed by atoms with E-state index in [4.69, 9.17) is 0 Å². The number of aromatic nitrogens is 2. The zero-order chi connectivity index (χ0) is 18.2. The molecule has 1 amide bonds.